The summed E-state index contributed by atoms with van der Waals surface area (Å²) in [5.74, 6) is 0. The molecule has 31 heavy (non-hydrogen) atoms. The minimum Gasteiger partial charge on any atom is -0.399 e. The second kappa shape index (κ2) is 6.70. The molecule has 3 aromatic rings. The van der Waals surface area contributed by atoms with Crippen molar-refractivity contribution in [1.29, 1.82) is 0 Å². The summed E-state index contributed by atoms with van der Waals surface area (Å²) in [6.45, 7) is 8.70. The predicted molar refractivity (Wildman–Crippen MR) is 131 cm³/mol. The Bertz CT molecular complexity index is 1260. The molecule has 156 valence electrons. The van der Waals surface area contributed by atoms with Gasteiger partial charge in [-0.15, -0.1) is 0 Å². The van der Waals surface area contributed by atoms with Crippen LogP contribution in [0.2, 0.25) is 0 Å². The summed E-state index contributed by atoms with van der Waals surface area (Å²) in [6.07, 6.45) is 6.79. The van der Waals surface area contributed by atoms with Gasteiger partial charge in [-0.2, -0.15) is 0 Å². The van der Waals surface area contributed by atoms with Gasteiger partial charge in [-0.1, -0.05) is 92.2 Å². The van der Waals surface area contributed by atoms with Gasteiger partial charge in [-0.05, 0) is 58.9 Å². The highest BCUT2D eigenvalue weighted by Gasteiger charge is 2.48. The number of nitrogen functional groups attached to an aromatic ring is 1. The third kappa shape index (κ3) is 2.75. The number of benzene rings is 3. The number of allylic oxidation sites excluding steroid dienone is 2. The van der Waals surface area contributed by atoms with E-state index in [1.165, 1.54) is 39.0 Å². The molecule has 5 rings (SSSR count). The van der Waals surface area contributed by atoms with Gasteiger partial charge in [0.15, 0.2) is 0 Å². The van der Waals surface area contributed by atoms with E-state index < -0.39 is 5.41 Å². The molecule has 2 atom stereocenters. The zero-order chi connectivity index (χ0) is 22.0. The lowest BCUT2D eigenvalue weighted by Crippen LogP contribution is -2.39. The van der Waals surface area contributed by atoms with Crippen LogP contribution in [0.5, 0.6) is 0 Å². The summed E-state index contributed by atoms with van der Waals surface area (Å²) in [5, 5.41) is 0. The van der Waals surface area contributed by atoms with Crippen LogP contribution in [0, 0.1) is 19.3 Å². The number of nitrogens with two attached hydrogens (primary N) is 2. The zero-order valence-electron chi connectivity index (χ0n) is 18.7. The molecule has 2 unspecified atom stereocenters. The Morgan fingerprint density at radius 1 is 0.839 bits per heavy atom. The Morgan fingerprint density at radius 2 is 1.58 bits per heavy atom. The number of hydrogen-bond acceptors (Lipinski definition) is 2. The molecule has 0 saturated heterocycles. The van der Waals surface area contributed by atoms with Gasteiger partial charge in [0.05, 0.1) is 5.41 Å². The molecule has 0 aromatic heterocycles. The molecule has 2 aliphatic carbocycles. The lowest BCUT2D eigenvalue weighted by atomic mass is 9.63. The van der Waals surface area contributed by atoms with Crippen molar-refractivity contribution in [2.45, 2.75) is 39.2 Å². The van der Waals surface area contributed by atoms with Crippen molar-refractivity contribution in [3.8, 4) is 11.1 Å². The third-order valence-electron chi connectivity index (χ3n) is 7.21. The first-order valence-electron chi connectivity index (χ1n) is 11.0. The minimum absolute atomic E-state index is 0.00408. The summed E-state index contributed by atoms with van der Waals surface area (Å²) < 4.78 is 0. The summed E-state index contributed by atoms with van der Waals surface area (Å²) >= 11 is 0. The molecule has 4 N–H and O–H groups in total. The molecule has 0 spiro atoms. The van der Waals surface area contributed by atoms with Crippen molar-refractivity contribution >= 4 is 5.69 Å². The number of anilines is 1. The fraction of sp³-hybridized carbons (Fsp3) is 0.241. The average Bonchev–Trinajstić information content (AvgIpc) is 3.03. The molecule has 0 radical (unpaired) electrons. The van der Waals surface area contributed by atoms with E-state index in [1.54, 1.807) is 0 Å². The van der Waals surface area contributed by atoms with Crippen LogP contribution in [0.4, 0.5) is 5.69 Å². The van der Waals surface area contributed by atoms with Gasteiger partial charge in [0.2, 0.25) is 0 Å². The normalized spacial score (nSPS) is 23.3. The molecule has 0 amide bonds. The fourth-order valence-electron chi connectivity index (χ4n) is 5.33. The van der Waals surface area contributed by atoms with E-state index in [4.69, 9.17) is 11.5 Å². The van der Waals surface area contributed by atoms with E-state index in [1.807, 2.05) is 6.07 Å². The predicted octanol–water partition coefficient (Wildman–Crippen LogP) is 6.05. The Morgan fingerprint density at radius 3 is 2.32 bits per heavy atom. The van der Waals surface area contributed by atoms with Gasteiger partial charge in [-0.3, -0.25) is 0 Å². The Labute approximate surface area is 185 Å². The summed E-state index contributed by atoms with van der Waals surface area (Å²) in [4.78, 5) is 0. The maximum atomic E-state index is 6.46. The lowest BCUT2D eigenvalue weighted by molar-refractivity contribution is 0.412. The monoisotopic (exact) mass is 406 g/mol. The molecule has 2 heteroatoms. The van der Waals surface area contributed by atoms with Gasteiger partial charge in [0.25, 0.3) is 0 Å². The molecule has 0 saturated carbocycles. The standard InChI is InChI=1S/C29H30N2/c1-18-9-12-25-23(15-18)22-7-5-6-8-24(22)29(25,20-10-13-26(30)19(2)16-20)21-11-14-27(31)28(3,4)17-21/h5-17,27H,30-31H2,1-4H3. The number of fused-ring (bicyclic) bond motifs is 3. The summed E-state index contributed by atoms with van der Waals surface area (Å²) in [7, 11) is 0. The van der Waals surface area contributed by atoms with Crippen molar-refractivity contribution in [2.24, 2.45) is 11.1 Å². The van der Waals surface area contributed by atoms with Crippen molar-refractivity contribution in [3.05, 3.63) is 112 Å². The van der Waals surface area contributed by atoms with E-state index in [0.29, 0.717) is 0 Å². The van der Waals surface area contributed by atoms with Crippen molar-refractivity contribution in [3.63, 3.8) is 0 Å². The van der Waals surface area contributed by atoms with Gasteiger partial charge < -0.3 is 11.5 Å². The quantitative estimate of drug-likeness (QED) is 0.509. The number of rotatable bonds is 2. The molecular weight excluding hydrogens is 376 g/mol. The Balaban J connectivity index is 1.94. The van der Waals surface area contributed by atoms with Gasteiger partial charge in [-0.25, -0.2) is 0 Å². The lowest BCUT2D eigenvalue weighted by Gasteiger charge is -2.40. The highest BCUT2D eigenvalue weighted by atomic mass is 14.7. The largest absolute Gasteiger partial charge is 0.399 e. The van der Waals surface area contributed by atoms with Crippen LogP contribution in [-0.2, 0) is 5.41 Å². The molecule has 3 aromatic carbocycles. The Hall–Kier alpha value is -3.10. The van der Waals surface area contributed by atoms with E-state index >= 15 is 0 Å². The second-order valence-corrected chi connectivity index (χ2v) is 9.72. The first kappa shape index (κ1) is 19.8. The topological polar surface area (TPSA) is 52.0 Å². The van der Waals surface area contributed by atoms with Gasteiger partial charge >= 0.3 is 0 Å². The van der Waals surface area contributed by atoms with Gasteiger partial charge in [0.1, 0.15) is 0 Å². The molecule has 0 aliphatic heterocycles. The van der Waals surface area contributed by atoms with Crippen LogP contribution < -0.4 is 11.5 Å². The minimum atomic E-state index is -0.397. The maximum Gasteiger partial charge on any atom is 0.0710 e. The van der Waals surface area contributed by atoms with E-state index in [9.17, 15) is 0 Å². The Kier molecular flexibility index (Phi) is 4.29. The highest BCUT2D eigenvalue weighted by molar-refractivity contribution is 5.87. The smallest absolute Gasteiger partial charge is 0.0710 e. The maximum absolute atomic E-state index is 6.46. The number of aryl methyl sites for hydroxylation is 2. The first-order chi connectivity index (χ1) is 14.7. The second-order valence-electron chi connectivity index (χ2n) is 9.72. The van der Waals surface area contributed by atoms with Crippen molar-refractivity contribution in [2.75, 3.05) is 5.73 Å². The molecular formula is C29H30N2. The highest BCUT2D eigenvalue weighted by Crippen LogP contribution is 2.58. The number of hydrogen-bond donors (Lipinski definition) is 2. The van der Waals surface area contributed by atoms with Crippen LogP contribution in [0.3, 0.4) is 0 Å². The van der Waals surface area contributed by atoms with Gasteiger partial charge in [0, 0.05) is 17.1 Å². The van der Waals surface area contributed by atoms with E-state index in [0.717, 1.165) is 11.3 Å². The molecule has 2 aliphatic rings. The van der Waals surface area contributed by atoms with Crippen LogP contribution in [-0.4, -0.2) is 6.04 Å². The molecule has 0 heterocycles. The third-order valence-corrected chi connectivity index (χ3v) is 7.21. The first-order valence-corrected chi connectivity index (χ1v) is 11.0. The average molecular weight is 407 g/mol. The van der Waals surface area contributed by atoms with Crippen molar-refractivity contribution < 1.29 is 0 Å². The van der Waals surface area contributed by atoms with E-state index in [-0.39, 0.29) is 11.5 Å². The van der Waals surface area contributed by atoms with Crippen molar-refractivity contribution in [1.82, 2.24) is 0 Å². The van der Waals surface area contributed by atoms with E-state index in [2.05, 4.69) is 101 Å². The molecule has 2 nitrogen and oxygen atoms in total. The molecule has 0 bridgehead atoms. The van der Waals surface area contributed by atoms with Crippen LogP contribution >= 0.6 is 0 Å². The summed E-state index contributed by atoms with van der Waals surface area (Å²) in [6, 6.07) is 22.2. The summed E-state index contributed by atoms with van der Waals surface area (Å²) in [5.41, 5.74) is 23.1. The fourth-order valence-corrected chi connectivity index (χ4v) is 5.33. The van der Waals surface area contributed by atoms with Crippen LogP contribution in [0.15, 0.2) is 84.5 Å². The zero-order valence-corrected chi connectivity index (χ0v) is 18.7. The van der Waals surface area contributed by atoms with Crippen LogP contribution in [0.1, 0.15) is 41.7 Å². The van der Waals surface area contributed by atoms with Crippen LogP contribution in [0.25, 0.3) is 11.1 Å². The molecule has 0 fully saturated rings. The SMILES string of the molecule is Cc1ccc2c(c1)-c1ccccc1C2(C1=CC(C)(C)C(N)C=C1)c1ccc(N)c(C)c1.